The lowest BCUT2D eigenvalue weighted by molar-refractivity contribution is -0.141. The van der Waals surface area contributed by atoms with Crippen LogP contribution in [0.15, 0.2) is 53.8 Å². The van der Waals surface area contributed by atoms with Gasteiger partial charge in [-0.1, -0.05) is 49.0 Å². The van der Waals surface area contributed by atoms with Gasteiger partial charge < -0.3 is 10.3 Å². The third-order valence-corrected chi connectivity index (χ3v) is 4.84. The average Bonchev–Trinajstić information content (AvgIpc) is 3.13. The molecule has 0 bridgehead atoms. The molecule has 0 radical (unpaired) electrons. The highest BCUT2D eigenvalue weighted by molar-refractivity contribution is 7.98. The SMILES string of the molecule is CCc1ccc(CSc2nc(C(=O)Nc3ccccn3)c(C(F)(F)F)[nH]2)cc1. The number of nitrogens with one attached hydrogen (secondary N) is 2. The number of thioether (sulfide) groups is 1. The average molecular weight is 406 g/mol. The van der Waals surface area contributed by atoms with Gasteiger partial charge in [0.15, 0.2) is 16.5 Å². The van der Waals surface area contributed by atoms with Gasteiger partial charge in [0.1, 0.15) is 5.82 Å². The van der Waals surface area contributed by atoms with E-state index >= 15 is 0 Å². The maximum Gasteiger partial charge on any atom is 0.433 e. The highest BCUT2D eigenvalue weighted by atomic mass is 32.2. The first kappa shape index (κ1) is 19.9. The van der Waals surface area contributed by atoms with Crippen LogP contribution in [0.2, 0.25) is 0 Å². The van der Waals surface area contributed by atoms with Gasteiger partial charge >= 0.3 is 6.18 Å². The number of hydrogen-bond acceptors (Lipinski definition) is 4. The Hall–Kier alpha value is -2.81. The quantitative estimate of drug-likeness (QED) is 0.570. The molecule has 28 heavy (non-hydrogen) atoms. The van der Waals surface area contributed by atoms with Crippen LogP contribution < -0.4 is 5.32 Å². The zero-order chi connectivity index (χ0) is 20.1. The lowest BCUT2D eigenvalue weighted by atomic mass is 10.1. The lowest BCUT2D eigenvalue weighted by Crippen LogP contribution is -2.19. The number of imidazole rings is 1. The van der Waals surface area contributed by atoms with Crippen LogP contribution in [0.3, 0.4) is 0 Å². The van der Waals surface area contributed by atoms with Crippen LogP contribution in [-0.2, 0) is 18.3 Å². The number of aromatic nitrogens is 3. The van der Waals surface area contributed by atoms with E-state index < -0.39 is 23.5 Å². The summed E-state index contributed by atoms with van der Waals surface area (Å²) in [6, 6.07) is 12.5. The largest absolute Gasteiger partial charge is 0.433 e. The summed E-state index contributed by atoms with van der Waals surface area (Å²) in [5.41, 5.74) is 0.248. The van der Waals surface area contributed by atoms with Gasteiger partial charge in [0, 0.05) is 11.9 Å². The summed E-state index contributed by atoms with van der Waals surface area (Å²) in [5, 5.41) is 2.35. The zero-order valence-electron chi connectivity index (χ0n) is 14.9. The minimum atomic E-state index is -4.73. The predicted molar refractivity (Wildman–Crippen MR) is 101 cm³/mol. The summed E-state index contributed by atoms with van der Waals surface area (Å²) in [7, 11) is 0. The number of pyridine rings is 1. The van der Waals surface area contributed by atoms with Crippen LogP contribution in [0.25, 0.3) is 0 Å². The van der Waals surface area contributed by atoms with Crippen molar-refractivity contribution in [1.29, 1.82) is 0 Å². The molecule has 3 aromatic rings. The highest BCUT2D eigenvalue weighted by Crippen LogP contribution is 2.33. The molecule has 0 unspecified atom stereocenters. The van der Waals surface area contributed by atoms with E-state index in [2.05, 4.69) is 20.3 Å². The van der Waals surface area contributed by atoms with E-state index in [9.17, 15) is 18.0 Å². The van der Waals surface area contributed by atoms with Crippen LogP contribution in [0.4, 0.5) is 19.0 Å². The van der Waals surface area contributed by atoms with E-state index in [4.69, 9.17) is 0 Å². The molecular weight excluding hydrogens is 389 g/mol. The van der Waals surface area contributed by atoms with Gasteiger partial charge in [0.25, 0.3) is 5.91 Å². The molecule has 3 rings (SSSR count). The number of nitrogens with zero attached hydrogens (tertiary/aromatic N) is 2. The van der Waals surface area contributed by atoms with Crippen LogP contribution >= 0.6 is 11.8 Å². The smallest absolute Gasteiger partial charge is 0.329 e. The minimum Gasteiger partial charge on any atom is -0.329 e. The number of alkyl halides is 3. The van der Waals surface area contributed by atoms with Crippen molar-refractivity contribution in [3.63, 3.8) is 0 Å². The Morgan fingerprint density at radius 3 is 2.46 bits per heavy atom. The number of halogens is 3. The number of rotatable bonds is 6. The Morgan fingerprint density at radius 1 is 1.14 bits per heavy atom. The number of carbonyl (C=O) groups is 1. The molecule has 0 aliphatic carbocycles. The normalized spacial score (nSPS) is 11.4. The van der Waals surface area contributed by atoms with Gasteiger partial charge in [-0.25, -0.2) is 9.97 Å². The van der Waals surface area contributed by atoms with Crippen LogP contribution in [-0.4, -0.2) is 20.9 Å². The van der Waals surface area contributed by atoms with Crippen molar-refractivity contribution in [2.24, 2.45) is 0 Å². The fourth-order valence-corrected chi connectivity index (χ4v) is 3.25. The van der Waals surface area contributed by atoms with Crippen molar-refractivity contribution >= 4 is 23.5 Å². The standard InChI is InChI=1S/C19H17F3N4OS/c1-2-12-6-8-13(9-7-12)11-28-18-25-15(16(26-18)19(20,21)22)17(27)24-14-5-3-4-10-23-14/h3-10H,2,11H2,1H3,(H,25,26)(H,23,24,27). The van der Waals surface area contributed by atoms with Crippen molar-refractivity contribution in [2.45, 2.75) is 30.4 Å². The monoisotopic (exact) mass is 406 g/mol. The minimum absolute atomic E-state index is 0.0260. The number of anilines is 1. The summed E-state index contributed by atoms with van der Waals surface area (Å²) in [5.74, 6) is -0.397. The van der Waals surface area contributed by atoms with Crippen molar-refractivity contribution < 1.29 is 18.0 Å². The Balaban J connectivity index is 1.78. The third-order valence-electron chi connectivity index (χ3n) is 3.89. The number of aromatic amines is 1. The molecule has 0 saturated heterocycles. The van der Waals surface area contributed by atoms with Crippen LogP contribution in [0.1, 0.15) is 34.2 Å². The summed E-state index contributed by atoms with van der Waals surface area (Å²) in [6.07, 6.45) is -2.39. The second kappa shape index (κ2) is 8.47. The van der Waals surface area contributed by atoms with E-state index in [-0.39, 0.29) is 11.0 Å². The van der Waals surface area contributed by atoms with Crippen molar-refractivity contribution in [2.75, 3.05) is 5.32 Å². The molecule has 2 aromatic heterocycles. The summed E-state index contributed by atoms with van der Waals surface area (Å²) in [6.45, 7) is 2.04. The van der Waals surface area contributed by atoms with Gasteiger partial charge in [-0.3, -0.25) is 4.79 Å². The third kappa shape index (κ3) is 4.92. The van der Waals surface area contributed by atoms with E-state index in [1.165, 1.54) is 17.8 Å². The van der Waals surface area contributed by atoms with Gasteiger partial charge in [0.05, 0.1) is 0 Å². The second-order valence-electron chi connectivity index (χ2n) is 5.89. The fourth-order valence-electron chi connectivity index (χ4n) is 2.42. The van der Waals surface area contributed by atoms with Gasteiger partial charge in [0.2, 0.25) is 0 Å². The van der Waals surface area contributed by atoms with Crippen molar-refractivity contribution in [3.8, 4) is 0 Å². The van der Waals surface area contributed by atoms with Crippen LogP contribution in [0.5, 0.6) is 0 Å². The first-order chi connectivity index (χ1) is 13.4. The first-order valence-electron chi connectivity index (χ1n) is 8.47. The summed E-state index contributed by atoms with van der Waals surface area (Å²) in [4.78, 5) is 22.3. The molecule has 2 N–H and O–H groups in total. The zero-order valence-corrected chi connectivity index (χ0v) is 15.7. The number of hydrogen-bond donors (Lipinski definition) is 2. The molecule has 9 heteroatoms. The molecule has 0 aliphatic rings. The van der Waals surface area contributed by atoms with E-state index in [1.807, 2.05) is 31.2 Å². The Morgan fingerprint density at radius 2 is 1.86 bits per heavy atom. The van der Waals surface area contributed by atoms with Crippen LogP contribution in [0, 0.1) is 0 Å². The maximum atomic E-state index is 13.3. The first-order valence-corrected chi connectivity index (χ1v) is 9.45. The number of benzene rings is 1. The molecule has 2 heterocycles. The molecule has 1 amide bonds. The van der Waals surface area contributed by atoms with E-state index in [0.29, 0.717) is 5.75 Å². The topological polar surface area (TPSA) is 70.7 Å². The second-order valence-corrected chi connectivity index (χ2v) is 6.86. The predicted octanol–water partition coefficient (Wildman–Crippen LogP) is 4.93. The fraction of sp³-hybridized carbons (Fsp3) is 0.211. The molecule has 0 atom stereocenters. The number of H-pyrrole nitrogens is 1. The number of aryl methyl sites for hydroxylation is 1. The van der Waals surface area contributed by atoms with Crippen molar-refractivity contribution in [3.05, 3.63) is 71.2 Å². The van der Waals surface area contributed by atoms with Gasteiger partial charge in [-0.15, -0.1) is 0 Å². The van der Waals surface area contributed by atoms with Crippen molar-refractivity contribution in [1.82, 2.24) is 15.0 Å². The molecule has 0 spiro atoms. The summed E-state index contributed by atoms with van der Waals surface area (Å²) < 4.78 is 40.0. The molecule has 0 fully saturated rings. The number of amides is 1. The molecule has 0 saturated carbocycles. The molecule has 146 valence electrons. The van der Waals surface area contributed by atoms with Gasteiger partial charge in [-0.2, -0.15) is 13.2 Å². The lowest BCUT2D eigenvalue weighted by Gasteiger charge is -2.06. The molecule has 5 nitrogen and oxygen atoms in total. The molecule has 1 aromatic carbocycles. The summed E-state index contributed by atoms with van der Waals surface area (Å²) >= 11 is 1.10. The van der Waals surface area contributed by atoms with Gasteiger partial charge in [-0.05, 0) is 29.7 Å². The maximum absolute atomic E-state index is 13.3. The van der Waals surface area contributed by atoms with E-state index in [0.717, 1.165) is 23.7 Å². The highest BCUT2D eigenvalue weighted by Gasteiger charge is 2.39. The molecular formula is C19H17F3N4OS. The van der Waals surface area contributed by atoms with E-state index in [1.54, 1.807) is 12.1 Å². The Bertz CT molecular complexity index is 940. The Labute approximate surface area is 163 Å². The molecule has 0 aliphatic heterocycles. The Kier molecular flexibility index (Phi) is 6.03. The number of carbonyl (C=O) groups excluding carboxylic acids is 1.